The molecule has 4 rings (SSSR count). The van der Waals surface area contributed by atoms with Crippen molar-refractivity contribution in [1.29, 1.82) is 0 Å². The first-order chi connectivity index (χ1) is 20.6. The Labute approximate surface area is 261 Å². The van der Waals surface area contributed by atoms with Crippen LogP contribution in [-0.2, 0) is 19.1 Å². The number of halogens is 2. The maximum absolute atomic E-state index is 14.0. The van der Waals surface area contributed by atoms with Crippen LogP contribution in [0.4, 0.5) is 0 Å². The number of thiazole rings is 1. The lowest BCUT2D eigenvalue weighted by molar-refractivity contribution is -0.143. The summed E-state index contributed by atoms with van der Waals surface area (Å²) in [5.74, 6) is -0.175. The highest BCUT2D eigenvalue weighted by Crippen LogP contribution is 2.37. The topological polar surface area (TPSA) is 115 Å². The molecule has 0 fully saturated rings. The van der Waals surface area contributed by atoms with Crippen LogP contribution in [-0.4, -0.2) is 50.0 Å². The number of rotatable bonds is 11. The quantitative estimate of drug-likeness (QED) is 0.280. The molecular weight excluding hydrogens is 619 g/mol. The first-order valence-electron chi connectivity index (χ1n) is 13.4. The fourth-order valence-corrected chi connectivity index (χ4v) is 6.14. The SMILES string of the molecule is CCOC(=O)C1=C(C)N=c2s/c(=C\c3cc(Cl)c(OCC)c(Cl)c3)c(=O)n2[C@H]1c1ccc(OCC(=O)OC)c(OCC)c1. The van der Waals surface area contributed by atoms with Crippen LogP contribution in [0.1, 0.15) is 44.9 Å². The van der Waals surface area contributed by atoms with Gasteiger partial charge in [-0.1, -0.05) is 40.6 Å². The van der Waals surface area contributed by atoms with Gasteiger partial charge in [-0.3, -0.25) is 9.36 Å². The molecule has 0 amide bonds. The van der Waals surface area contributed by atoms with Crippen LogP contribution < -0.4 is 29.1 Å². The maximum atomic E-state index is 14.0. The molecule has 43 heavy (non-hydrogen) atoms. The molecule has 0 aliphatic carbocycles. The van der Waals surface area contributed by atoms with Crippen LogP contribution in [0.5, 0.6) is 17.2 Å². The first-order valence-corrected chi connectivity index (χ1v) is 15.0. The lowest BCUT2D eigenvalue weighted by Gasteiger charge is -2.25. The van der Waals surface area contributed by atoms with Gasteiger partial charge in [-0.25, -0.2) is 14.6 Å². The summed E-state index contributed by atoms with van der Waals surface area (Å²) in [6.07, 6.45) is 1.66. The fourth-order valence-electron chi connectivity index (χ4n) is 4.48. The van der Waals surface area contributed by atoms with Gasteiger partial charge in [0.1, 0.15) is 0 Å². The number of aromatic nitrogens is 1. The third kappa shape index (κ3) is 6.90. The molecule has 0 saturated carbocycles. The van der Waals surface area contributed by atoms with Crippen LogP contribution in [0.3, 0.4) is 0 Å². The average Bonchev–Trinajstić information content (AvgIpc) is 3.27. The second-order valence-electron chi connectivity index (χ2n) is 9.05. The minimum Gasteiger partial charge on any atom is -0.491 e. The Balaban J connectivity index is 1.89. The zero-order valence-corrected chi connectivity index (χ0v) is 26.5. The third-order valence-corrected chi connectivity index (χ3v) is 7.83. The monoisotopic (exact) mass is 648 g/mol. The van der Waals surface area contributed by atoms with Gasteiger partial charge in [0.15, 0.2) is 28.7 Å². The summed E-state index contributed by atoms with van der Waals surface area (Å²) < 4.78 is 28.7. The van der Waals surface area contributed by atoms with E-state index in [-0.39, 0.29) is 24.3 Å². The molecule has 3 aromatic rings. The molecule has 1 aliphatic heterocycles. The van der Waals surface area contributed by atoms with E-state index in [4.69, 9.17) is 42.1 Å². The molecule has 0 radical (unpaired) electrons. The van der Waals surface area contributed by atoms with E-state index >= 15 is 0 Å². The summed E-state index contributed by atoms with van der Waals surface area (Å²) in [6, 6.07) is 7.40. The van der Waals surface area contributed by atoms with Crippen LogP contribution >= 0.6 is 34.5 Å². The Morgan fingerprint density at radius 2 is 1.70 bits per heavy atom. The first kappa shape index (κ1) is 32.1. The molecule has 0 unspecified atom stereocenters. The van der Waals surface area contributed by atoms with Crippen molar-refractivity contribution in [1.82, 2.24) is 4.57 Å². The summed E-state index contributed by atoms with van der Waals surface area (Å²) in [7, 11) is 1.26. The predicted octanol–water partition coefficient (Wildman–Crippen LogP) is 4.45. The van der Waals surface area contributed by atoms with E-state index in [1.165, 1.54) is 11.7 Å². The predicted molar refractivity (Wildman–Crippen MR) is 163 cm³/mol. The summed E-state index contributed by atoms with van der Waals surface area (Å²) in [5.41, 5.74) is 1.37. The molecule has 10 nitrogen and oxygen atoms in total. The van der Waals surface area contributed by atoms with E-state index in [0.717, 1.165) is 11.3 Å². The van der Waals surface area contributed by atoms with Crippen molar-refractivity contribution in [3.63, 3.8) is 0 Å². The maximum Gasteiger partial charge on any atom is 0.343 e. The van der Waals surface area contributed by atoms with E-state index in [0.29, 0.717) is 66.7 Å². The molecule has 0 bridgehead atoms. The molecule has 1 atom stereocenters. The number of carbonyl (C=O) groups excluding carboxylic acids is 2. The highest BCUT2D eigenvalue weighted by molar-refractivity contribution is 7.07. The molecule has 1 aromatic heterocycles. The molecule has 2 heterocycles. The van der Waals surface area contributed by atoms with Crippen molar-refractivity contribution in [3.8, 4) is 17.2 Å². The highest BCUT2D eigenvalue weighted by atomic mass is 35.5. The minimum absolute atomic E-state index is 0.135. The van der Waals surface area contributed by atoms with Crippen LogP contribution in [0.25, 0.3) is 6.08 Å². The Morgan fingerprint density at radius 3 is 2.33 bits per heavy atom. The van der Waals surface area contributed by atoms with Gasteiger partial charge in [-0.05, 0) is 69.2 Å². The second-order valence-corrected chi connectivity index (χ2v) is 10.9. The molecule has 1 aliphatic rings. The van der Waals surface area contributed by atoms with Crippen molar-refractivity contribution < 1.29 is 33.3 Å². The van der Waals surface area contributed by atoms with E-state index < -0.39 is 18.0 Å². The van der Waals surface area contributed by atoms with Crippen molar-refractivity contribution in [2.24, 2.45) is 4.99 Å². The van der Waals surface area contributed by atoms with E-state index in [1.54, 1.807) is 57.2 Å². The average molecular weight is 650 g/mol. The smallest absolute Gasteiger partial charge is 0.343 e. The second kappa shape index (κ2) is 14.1. The van der Waals surface area contributed by atoms with Crippen LogP contribution in [0.2, 0.25) is 10.0 Å². The van der Waals surface area contributed by atoms with Gasteiger partial charge in [0.05, 0.1) is 58.8 Å². The number of hydrogen-bond acceptors (Lipinski definition) is 10. The number of hydrogen-bond donors (Lipinski definition) is 0. The Morgan fingerprint density at radius 1 is 1.00 bits per heavy atom. The van der Waals surface area contributed by atoms with E-state index in [1.807, 2.05) is 6.92 Å². The molecule has 0 saturated heterocycles. The normalized spacial score (nSPS) is 14.6. The molecule has 13 heteroatoms. The summed E-state index contributed by atoms with van der Waals surface area (Å²) >= 11 is 13.9. The summed E-state index contributed by atoms with van der Waals surface area (Å²) in [6.45, 7) is 7.52. The zero-order chi connectivity index (χ0) is 31.3. The number of fused-ring (bicyclic) bond motifs is 1. The molecule has 228 valence electrons. The van der Waals surface area contributed by atoms with Gasteiger partial charge in [-0.15, -0.1) is 0 Å². The van der Waals surface area contributed by atoms with Crippen molar-refractivity contribution >= 4 is 52.6 Å². The Bertz CT molecular complexity index is 1740. The number of nitrogens with zero attached hydrogens (tertiary/aromatic N) is 2. The van der Waals surface area contributed by atoms with Gasteiger partial charge in [0, 0.05) is 0 Å². The lowest BCUT2D eigenvalue weighted by atomic mass is 9.95. The van der Waals surface area contributed by atoms with Gasteiger partial charge in [0.2, 0.25) is 0 Å². The zero-order valence-electron chi connectivity index (χ0n) is 24.2. The number of esters is 2. The Kier molecular flexibility index (Phi) is 10.5. The number of allylic oxidation sites excluding steroid dienone is 1. The Hall–Kier alpha value is -3.80. The van der Waals surface area contributed by atoms with Crippen LogP contribution in [0, 0.1) is 0 Å². The van der Waals surface area contributed by atoms with Gasteiger partial charge >= 0.3 is 11.9 Å². The van der Waals surface area contributed by atoms with Gasteiger partial charge in [-0.2, -0.15) is 0 Å². The fraction of sp³-hybridized carbons (Fsp3) is 0.333. The number of carbonyl (C=O) groups is 2. The summed E-state index contributed by atoms with van der Waals surface area (Å²) in [5, 5.41) is 0.620. The number of benzene rings is 2. The van der Waals surface area contributed by atoms with Crippen molar-refractivity contribution in [2.75, 3.05) is 33.5 Å². The summed E-state index contributed by atoms with van der Waals surface area (Å²) in [4.78, 5) is 43.9. The number of methoxy groups -OCH3 is 1. The minimum atomic E-state index is -0.890. The van der Waals surface area contributed by atoms with Crippen LogP contribution in [0.15, 0.2) is 51.4 Å². The van der Waals surface area contributed by atoms with Gasteiger partial charge in [0.25, 0.3) is 5.56 Å². The molecular formula is C30H30Cl2N2O8S. The lowest BCUT2D eigenvalue weighted by Crippen LogP contribution is -2.40. The number of ether oxygens (including phenoxy) is 5. The van der Waals surface area contributed by atoms with Crippen molar-refractivity contribution in [2.45, 2.75) is 33.7 Å². The third-order valence-electron chi connectivity index (χ3n) is 6.28. The standard InChI is InChI=1S/C30H30Cl2N2O8S/c1-6-39-22-14-18(9-10-21(22)42-15-24(35)38-5)26-25(29(37)41-8-3)16(4)33-30-34(26)28(36)23(43-30)13-17-11-19(31)27(40-7-2)20(32)12-17/h9-14,26H,6-8,15H2,1-5H3/b23-13-/t26-/m0/s1. The highest BCUT2D eigenvalue weighted by Gasteiger charge is 2.34. The van der Waals surface area contributed by atoms with E-state index in [9.17, 15) is 14.4 Å². The largest absolute Gasteiger partial charge is 0.491 e. The van der Waals surface area contributed by atoms with E-state index in [2.05, 4.69) is 9.73 Å². The molecule has 2 aromatic carbocycles. The molecule has 0 spiro atoms. The van der Waals surface area contributed by atoms with Gasteiger partial charge < -0.3 is 23.7 Å². The van der Waals surface area contributed by atoms with Crippen molar-refractivity contribution in [3.05, 3.63) is 82.5 Å². The molecule has 0 N–H and O–H groups in total.